The van der Waals surface area contributed by atoms with E-state index in [1.807, 2.05) is 0 Å². The maximum Gasteiger partial charge on any atom is 0.416 e. The Bertz CT molecular complexity index is 741. The van der Waals surface area contributed by atoms with Crippen LogP contribution in [0, 0.1) is 0 Å². The Morgan fingerprint density at radius 2 is 2.12 bits per heavy atom. The number of hydrogen-bond acceptors (Lipinski definition) is 3. The summed E-state index contributed by atoms with van der Waals surface area (Å²) in [4.78, 5) is 14.2. The van der Waals surface area contributed by atoms with E-state index in [1.54, 1.807) is 4.90 Å². The fraction of sp³-hybridized carbons (Fsp3) is 0.375. The SMILES string of the molecule is NC[C@@H]1CCCN1C(=O)c1ccn(-c2cccc(C(F)(F)F)c2)n1. The second kappa shape index (κ2) is 6.27. The number of nitrogens with zero attached hydrogens (tertiary/aromatic N) is 3. The van der Waals surface area contributed by atoms with Gasteiger partial charge >= 0.3 is 6.18 Å². The second-order valence-corrected chi connectivity index (χ2v) is 5.72. The molecular formula is C16H17F3N4O. The van der Waals surface area contributed by atoms with Crippen molar-refractivity contribution in [1.82, 2.24) is 14.7 Å². The Kier molecular flexibility index (Phi) is 4.31. The standard InChI is InChI=1S/C16H17F3N4O/c17-16(18,19)11-3-1-4-12(9-11)23-8-6-14(21-23)15(24)22-7-2-5-13(22)10-20/h1,3-4,6,8-9,13H,2,5,7,10,20H2/t13-/m0/s1. The monoisotopic (exact) mass is 338 g/mol. The van der Waals surface area contributed by atoms with Gasteiger partial charge in [-0.3, -0.25) is 4.79 Å². The number of benzene rings is 1. The lowest BCUT2D eigenvalue weighted by Gasteiger charge is -2.22. The number of aromatic nitrogens is 2. The number of carbonyl (C=O) groups is 1. The van der Waals surface area contributed by atoms with Crippen molar-refractivity contribution in [2.75, 3.05) is 13.1 Å². The normalized spacial score (nSPS) is 18.2. The van der Waals surface area contributed by atoms with Gasteiger partial charge < -0.3 is 10.6 Å². The molecule has 0 aliphatic carbocycles. The summed E-state index contributed by atoms with van der Waals surface area (Å²) in [6, 6.07) is 6.32. The number of carbonyl (C=O) groups excluding carboxylic acids is 1. The summed E-state index contributed by atoms with van der Waals surface area (Å²) in [5.74, 6) is -0.242. The van der Waals surface area contributed by atoms with Crippen molar-refractivity contribution in [3.63, 3.8) is 0 Å². The van der Waals surface area contributed by atoms with E-state index in [-0.39, 0.29) is 23.3 Å². The Hall–Kier alpha value is -2.35. The van der Waals surface area contributed by atoms with E-state index in [9.17, 15) is 18.0 Å². The number of alkyl halides is 3. The van der Waals surface area contributed by atoms with Crippen molar-refractivity contribution >= 4 is 5.91 Å². The first-order chi connectivity index (χ1) is 11.4. The maximum atomic E-state index is 12.8. The van der Waals surface area contributed by atoms with Gasteiger partial charge in [0.05, 0.1) is 11.3 Å². The minimum Gasteiger partial charge on any atom is -0.333 e. The minimum absolute atomic E-state index is 0.00351. The molecule has 1 saturated heterocycles. The van der Waals surface area contributed by atoms with Crippen LogP contribution >= 0.6 is 0 Å². The summed E-state index contributed by atoms with van der Waals surface area (Å²) in [7, 11) is 0. The van der Waals surface area contributed by atoms with Gasteiger partial charge in [0.25, 0.3) is 5.91 Å². The molecule has 1 fully saturated rings. The molecular weight excluding hydrogens is 321 g/mol. The summed E-state index contributed by atoms with van der Waals surface area (Å²) < 4.78 is 39.7. The topological polar surface area (TPSA) is 64.2 Å². The van der Waals surface area contributed by atoms with E-state index in [1.165, 1.54) is 29.1 Å². The highest BCUT2D eigenvalue weighted by molar-refractivity contribution is 5.92. The Morgan fingerprint density at radius 1 is 1.33 bits per heavy atom. The zero-order valence-electron chi connectivity index (χ0n) is 12.8. The molecule has 2 aromatic rings. The summed E-state index contributed by atoms with van der Waals surface area (Å²) in [6.45, 7) is 1.01. The summed E-state index contributed by atoms with van der Waals surface area (Å²) in [6.07, 6.45) is -1.19. The first kappa shape index (κ1) is 16.5. The first-order valence-corrected chi connectivity index (χ1v) is 7.64. The molecule has 1 aromatic carbocycles. The predicted octanol–water partition coefficient (Wildman–Crippen LogP) is 2.45. The zero-order valence-corrected chi connectivity index (χ0v) is 12.8. The van der Waals surface area contributed by atoms with Gasteiger partial charge in [-0.25, -0.2) is 4.68 Å². The third kappa shape index (κ3) is 3.14. The Labute approximate surface area is 136 Å². The van der Waals surface area contributed by atoms with Crippen molar-refractivity contribution in [2.45, 2.75) is 25.1 Å². The van der Waals surface area contributed by atoms with Crippen LogP contribution in [0.3, 0.4) is 0 Å². The van der Waals surface area contributed by atoms with Gasteiger partial charge in [0.2, 0.25) is 0 Å². The van der Waals surface area contributed by atoms with Crippen molar-refractivity contribution in [2.24, 2.45) is 5.73 Å². The van der Waals surface area contributed by atoms with E-state index < -0.39 is 11.7 Å². The molecule has 1 aromatic heterocycles. The fourth-order valence-corrected chi connectivity index (χ4v) is 2.90. The van der Waals surface area contributed by atoms with Crippen LogP contribution in [-0.4, -0.2) is 39.7 Å². The van der Waals surface area contributed by atoms with Crippen LogP contribution in [0.4, 0.5) is 13.2 Å². The quantitative estimate of drug-likeness (QED) is 0.935. The van der Waals surface area contributed by atoms with Gasteiger partial charge in [-0.2, -0.15) is 18.3 Å². The fourth-order valence-electron chi connectivity index (χ4n) is 2.90. The van der Waals surface area contributed by atoms with Crippen LogP contribution in [0.2, 0.25) is 0 Å². The molecule has 5 nitrogen and oxygen atoms in total. The molecule has 3 rings (SSSR count). The highest BCUT2D eigenvalue weighted by atomic mass is 19.4. The van der Waals surface area contributed by atoms with Crippen LogP contribution in [0.15, 0.2) is 36.5 Å². The highest BCUT2D eigenvalue weighted by Crippen LogP contribution is 2.30. The summed E-state index contributed by atoms with van der Waals surface area (Å²) in [5.41, 5.74) is 5.36. The predicted molar refractivity (Wildman–Crippen MR) is 81.7 cm³/mol. The summed E-state index contributed by atoms with van der Waals surface area (Å²) in [5, 5.41) is 4.13. The molecule has 0 radical (unpaired) electrons. The van der Waals surface area contributed by atoms with Gasteiger partial charge in [0.15, 0.2) is 5.69 Å². The highest BCUT2D eigenvalue weighted by Gasteiger charge is 2.31. The number of rotatable bonds is 3. The molecule has 2 N–H and O–H groups in total. The molecule has 128 valence electrons. The number of nitrogens with two attached hydrogens (primary N) is 1. The average Bonchev–Trinajstić information content (AvgIpc) is 3.22. The smallest absolute Gasteiger partial charge is 0.333 e. The third-order valence-electron chi connectivity index (χ3n) is 4.16. The molecule has 8 heteroatoms. The van der Waals surface area contributed by atoms with Crippen LogP contribution in [0.25, 0.3) is 5.69 Å². The lowest BCUT2D eigenvalue weighted by molar-refractivity contribution is -0.137. The van der Waals surface area contributed by atoms with Gasteiger partial charge in [-0.1, -0.05) is 6.07 Å². The van der Waals surface area contributed by atoms with E-state index in [0.717, 1.165) is 25.0 Å². The van der Waals surface area contributed by atoms with Gasteiger partial charge in [0, 0.05) is 25.3 Å². The largest absolute Gasteiger partial charge is 0.416 e. The second-order valence-electron chi connectivity index (χ2n) is 5.72. The molecule has 0 bridgehead atoms. The van der Waals surface area contributed by atoms with Crippen LogP contribution in [0.1, 0.15) is 28.9 Å². The molecule has 0 spiro atoms. The van der Waals surface area contributed by atoms with Crippen molar-refractivity contribution < 1.29 is 18.0 Å². The molecule has 0 unspecified atom stereocenters. The van der Waals surface area contributed by atoms with Crippen LogP contribution in [-0.2, 0) is 6.18 Å². The minimum atomic E-state index is -4.42. The van der Waals surface area contributed by atoms with Crippen molar-refractivity contribution in [3.05, 3.63) is 47.8 Å². The molecule has 1 atom stereocenters. The zero-order chi connectivity index (χ0) is 17.3. The third-order valence-corrected chi connectivity index (χ3v) is 4.16. The number of halogens is 3. The molecule has 2 heterocycles. The molecule has 1 aliphatic rings. The van der Waals surface area contributed by atoms with E-state index in [2.05, 4.69) is 5.10 Å². The lowest BCUT2D eigenvalue weighted by atomic mass is 10.2. The van der Waals surface area contributed by atoms with Crippen molar-refractivity contribution in [3.8, 4) is 5.69 Å². The Morgan fingerprint density at radius 3 is 2.83 bits per heavy atom. The number of likely N-dealkylation sites (tertiary alicyclic amines) is 1. The average molecular weight is 338 g/mol. The van der Waals surface area contributed by atoms with Gasteiger partial charge in [-0.05, 0) is 37.1 Å². The Balaban J connectivity index is 1.85. The van der Waals surface area contributed by atoms with Gasteiger partial charge in [0.1, 0.15) is 0 Å². The van der Waals surface area contributed by atoms with Gasteiger partial charge in [-0.15, -0.1) is 0 Å². The van der Waals surface area contributed by atoms with Crippen LogP contribution in [0.5, 0.6) is 0 Å². The number of hydrogen-bond donors (Lipinski definition) is 1. The molecule has 1 aliphatic heterocycles. The maximum absolute atomic E-state index is 12.8. The molecule has 1 amide bonds. The van der Waals surface area contributed by atoms with Crippen molar-refractivity contribution in [1.29, 1.82) is 0 Å². The number of amides is 1. The lowest BCUT2D eigenvalue weighted by Crippen LogP contribution is -2.40. The molecule has 24 heavy (non-hydrogen) atoms. The first-order valence-electron chi connectivity index (χ1n) is 7.64. The van der Waals surface area contributed by atoms with Crippen LogP contribution < -0.4 is 5.73 Å². The molecule has 0 saturated carbocycles. The van der Waals surface area contributed by atoms with E-state index >= 15 is 0 Å². The summed E-state index contributed by atoms with van der Waals surface area (Å²) >= 11 is 0. The van der Waals surface area contributed by atoms with E-state index in [4.69, 9.17) is 5.73 Å². The van der Waals surface area contributed by atoms with E-state index in [0.29, 0.717) is 13.1 Å².